The second-order valence-corrected chi connectivity index (χ2v) is 6.48. The Morgan fingerprint density at radius 3 is 2.08 bits per heavy atom. The van der Waals surface area contributed by atoms with Crippen LogP contribution in [0.15, 0.2) is 58.3 Å². The van der Waals surface area contributed by atoms with Crippen LogP contribution < -0.4 is 4.74 Å². The van der Waals surface area contributed by atoms with Gasteiger partial charge in [-0.2, -0.15) is 0 Å². The molecule has 0 atom stereocenters. The van der Waals surface area contributed by atoms with Crippen molar-refractivity contribution in [1.29, 1.82) is 0 Å². The summed E-state index contributed by atoms with van der Waals surface area (Å²) in [7, 11) is 0. The third kappa shape index (κ3) is 6.02. The Hall–Kier alpha value is -1.78. The van der Waals surface area contributed by atoms with Crippen molar-refractivity contribution in [3.05, 3.63) is 54.1 Å². The van der Waals surface area contributed by atoms with Crippen molar-refractivity contribution in [2.45, 2.75) is 36.5 Å². The number of rotatable bonds is 10. The van der Waals surface area contributed by atoms with Gasteiger partial charge in [0.05, 0.1) is 6.61 Å². The number of benzene rings is 2. The number of Topliss-reactive ketones (excluding diaryl/α,β-unsaturated/α-hetero) is 1. The Labute approximate surface area is 148 Å². The number of ketones is 1. The second kappa shape index (κ2) is 10.2. The molecular formula is C20H24O3S. The molecule has 0 aromatic heterocycles. The van der Waals surface area contributed by atoms with E-state index in [1.807, 2.05) is 55.5 Å². The standard InChI is InChI=1S/C20H24O3S/c1-3-13-22-14-15-23-17-7-11-19(12-8-17)24-18-9-5-16(6-10-18)20(21)4-2/h5-12H,3-4,13-15H2,1-2H3. The minimum atomic E-state index is 0.177. The van der Waals surface area contributed by atoms with Crippen LogP contribution in [0.3, 0.4) is 0 Å². The van der Waals surface area contributed by atoms with Gasteiger partial charge in [-0.1, -0.05) is 37.7 Å². The van der Waals surface area contributed by atoms with Crippen molar-refractivity contribution in [2.24, 2.45) is 0 Å². The lowest BCUT2D eigenvalue weighted by Crippen LogP contribution is -2.06. The molecule has 0 fully saturated rings. The van der Waals surface area contributed by atoms with Gasteiger partial charge in [0.1, 0.15) is 12.4 Å². The fourth-order valence-electron chi connectivity index (χ4n) is 2.12. The van der Waals surface area contributed by atoms with Crippen LogP contribution in [0.2, 0.25) is 0 Å². The highest BCUT2D eigenvalue weighted by Crippen LogP contribution is 2.29. The van der Waals surface area contributed by atoms with Gasteiger partial charge in [-0.15, -0.1) is 0 Å². The minimum Gasteiger partial charge on any atom is -0.491 e. The molecule has 2 aromatic rings. The molecule has 2 rings (SSSR count). The van der Waals surface area contributed by atoms with Crippen molar-refractivity contribution < 1.29 is 14.3 Å². The van der Waals surface area contributed by atoms with Gasteiger partial charge in [-0.25, -0.2) is 0 Å². The quantitative estimate of drug-likeness (QED) is 0.436. The van der Waals surface area contributed by atoms with Crippen LogP contribution in [0.4, 0.5) is 0 Å². The molecule has 0 saturated carbocycles. The Morgan fingerprint density at radius 1 is 0.875 bits per heavy atom. The molecule has 4 heteroatoms. The van der Waals surface area contributed by atoms with Crippen LogP contribution >= 0.6 is 11.8 Å². The molecule has 0 aliphatic rings. The summed E-state index contributed by atoms with van der Waals surface area (Å²) in [5.74, 6) is 1.03. The Balaban J connectivity index is 1.84. The molecule has 0 bridgehead atoms. The molecule has 0 amide bonds. The summed E-state index contributed by atoms with van der Waals surface area (Å²) in [6, 6.07) is 15.8. The number of hydrogen-bond donors (Lipinski definition) is 0. The van der Waals surface area contributed by atoms with Gasteiger partial charge in [-0.05, 0) is 42.8 Å². The zero-order chi connectivity index (χ0) is 17.2. The lowest BCUT2D eigenvalue weighted by Gasteiger charge is -2.08. The molecule has 2 aromatic carbocycles. The molecule has 3 nitrogen and oxygen atoms in total. The fourth-order valence-corrected chi connectivity index (χ4v) is 2.93. The van der Waals surface area contributed by atoms with E-state index in [9.17, 15) is 4.79 Å². The van der Waals surface area contributed by atoms with E-state index in [1.165, 1.54) is 0 Å². The highest BCUT2D eigenvalue weighted by molar-refractivity contribution is 7.99. The predicted octanol–water partition coefficient (Wildman–Crippen LogP) is 5.24. The number of carbonyl (C=O) groups is 1. The van der Waals surface area contributed by atoms with Crippen LogP contribution in [0.1, 0.15) is 37.0 Å². The number of carbonyl (C=O) groups excluding carboxylic acids is 1. The minimum absolute atomic E-state index is 0.177. The summed E-state index contributed by atoms with van der Waals surface area (Å²) in [4.78, 5) is 13.9. The van der Waals surface area contributed by atoms with Crippen LogP contribution in [-0.4, -0.2) is 25.6 Å². The summed E-state index contributed by atoms with van der Waals surface area (Å²) in [6.45, 7) is 5.94. The third-order valence-corrected chi connectivity index (χ3v) is 4.42. The van der Waals surface area contributed by atoms with E-state index in [0.29, 0.717) is 19.6 Å². The van der Waals surface area contributed by atoms with Gasteiger partial charge in [-0.3, -0.25) is 4.79 Å². The maximum Gasteiger partial charge on any atom is 0.162 e. The smallest absolute Gasteiger partial charge is 0.162 e. The molecule has 0 unspecified atom stereocenters. The topological polar surface area (TPSA) is 35.5 Å². The highest BCUT2D eigenvalue weighted by Gasteiger charge is 2.04. The summed E-state index contributed by atoms with van der Waals surface area (Å²) in [6.07, 6.45) is 1.57. The largest absolute Gasteiger partial charge is 0.491 e. The van der Waals surface area contributed by atoms with Crippen molar-refractivity contribution in [3.63, 3.8) is 0 Å². The molecule has 0 heterocycles. The maximum absolute atomic E-state index is 11.6. The monoisotopic (exact) mass is 344 g/mol. The lowest BCUT2D eigenvalue weighted by atomic mass is 10.1. The Bertz CT molecular complexity index is 620. The van der Waals surface area contributed by atoms with E-state index < -0.39 is 0 Å². The summed E-state index contributed by atoms with van der Waals surface area (Å²) < 4.78 is 11.0. The molecule has 24 heavy (non-hydrogen) atoms. The predicted molar refractivity (Wildman–Crippen MR) is 98.2 cm³/mol. The van der Waals surface area contributed by atoms with E-state index in [2.05, 4.69) is 6.92 Å². The third-order valence-electron chi connectivity index (χ3n) is 3.40. The van der Waals surface area contributed by atoms with Crippen LogP contribution in [0, 0.1) is 0 Å². The average Bonchev–Trinajstić information content (AvgIpc) is 2.63. The van der Waals surface area contributed by atoms with Crippen LogP contribution in [0.25, 0.3) is 0 Å². The zero-order valence-corrected chi connectivity index (χ0v) is 15.1. The maximum atomic E-state index is 11.6. The van der Waals surface area contributed by atoms with Crippen LogP contribution in [-0.2, 0) is 4.74 Å². The molecule has 0 aliphatic heterocycles. The zero-order valence-electron chi connectivity index (χ0n) is 14.3. The highest BCUT2D eigenvalue weighted by atomic mass is 32.2. The molecule has 0 spiro atoms. The van der Waals surface area contributed by atoms with E-state index in [4.69, 9.17) is 9.47 Å². The number of ether oxygens (including phenoxy) is 2. The molecule has 0 saturated heterocycles. The summed E-state index contributed by atoms with van der Waals surface area (Å²) in [5.41, 5.74) is 0.774. The SMILES string of the molecule is CCCOCCOc1ccc(Sc2ccc(C(=O)CC)cc2)cc1. The summed E-state index contributed by atoms with van der Waals surface area (Å²) in [5, 5.41) is 0. The first-order valence-electron chi connectivity index (χ1n) is 8.34. The lowest BCUT2D eigenvalue weighted by molar-refractivity contribution is 0.0988. The molecule has 0 radical (unpaired) electrons. The van der Waals surface area contributed by atoms with Gasteiger partial charge < -0.3 is 9.47 Å². The normalized spacial score (nSPS) is 10.6. The van der Waals surface area contributed by atoms with Gasteiger partial charge >= 0.3 is 0 Å². The van der Waals surface area contributed by atoms with E-state index in [0.717, 1.165) is 34.1 Å². The fraction of sp³-hybridized carbons (Fsp3) is 0.350. The van der Waals surface area contributed by atoms with Gasteiger partial charge in [0, 0.05) is 28.4 Å². The number of hydrogen-bond acceptors (Lipinski definition) is 4. The van der Waals surface area contributed by atoms with Crippen molar-refractivity contribution in [3.8, 4) is 5.75 Å². The first kappa shape index (κ1) is 18.6. The van der Waals surface area contributed by atoms with Crippen molar-refractivity contribution in [2.75, 3.05) is 19.8 Å². The van der Waals surface area contributed by atoms with E-state index in [1.54, 1.807) is 11.8 Å². The Morgan fingerprint density at radius 2 is 1.50 bits per heavy atom. The first-order chi connectivity index (χ1) is 11.7. The van der Waals surface area contributed by atoms with E-state index >= 15 is 0 Å². The molecule has 0 aliphatic carbocycles. The molecule has 0 N–H and O–H groups in total. The van der Waals surface area contributed by atoms with Gasteiger partial charge in [0.15, 0.2) is 5.78 Å². The van der Waals surface area contributed by atoms with Crippen molar-refractivity contribution in [1.82, 2.24) is 0 Å². The first-order valence-corrected chi connectivity index (χ1v) is 9.16. The van der Waals surface area contributed by atoms with Gasteiger partial charge in [0.25, 0.3) is 0 Å². The average molecular weight is 344 g/mol. The molecule has 128 valence electrons. The Kier molecular flexibility index (Phi) is 7.86. The molecular weight excluding hydrogens is 320 g/mol. The summed E-state index contributed by atoms with van der Waals surface area (Å²) >= 11 is 1.67. The second-order valence-electron chi connectivity index (χ2n) is 5.34. The van der Waals surface area contributed by atoms with Gasteiger partial charge in [0.2, 0.25) is 0 Å². The van der Waals surface area contributed by atoms with Crippen LogP contribution in [0.5, 0.6) is 5.75 Å². The van der Waals surface area contributed by atoms with Crippen molar-refractivity contribution >= 4 is 17.5 Å². The van der Waals surface area contributed by atoms with E-state index in [-0.39, 0.29) is 5.78 Å².